The number of allylic oxidation sites excluding steroid dienone is 8. The number of aliphatic imine (C=N–C) groups is 4. The molecule has 0 aromatic carbocycles. The molecule has 4 aliphatic rings. The molecule has 0 saturated carbocycles. The first kappa shape index (κ1) is 60.8. The third-order valence-corrected chi connectivity index (χ3v) is 16.1. The summed E-state index contributed by atoms with van der Waals surface area (Å²) in [7, 11) is 2.82. The predicted molar refractivity (Wildman–Crippen MR) is 302 cm³/mol. The Hall–Kier alpha value is -6.09. The van der Waals surface area contributed by atoms with Gasteiger partial charge in [-0.05, 0) is 176 Å². The second kappa shape index (κ2) is 24.5. The number of esters is 2. The topological polar surface area (TPSA) is 158 Å². The number of carbonyl (C=O) groups excluding carboxylic acids is 2. The zero-order valence-electron chi connectivity index (χ0n) is 48.7. The molecule has 12 nitrogen and oxygen atoms in total. The van der Waals surface area contributed by atoms with Crippen LogP contribution >= 0.6 is 0 Å². The quantitative estimate of drug-likeness (QED) is 0.100. The van der Waals surface area contributed by atoms with Gasteiger partial charge in [0.15, 0.2) is 0 Å². The summed E-state index contributed by atoms with van der Waals surface area (Å²) < 4.78 is 9.86. The smallest absolute Gasteiger partial charge is 0.664 e. The standard InChI is InChI=1S/2C31H36N4O2.2Zn/c2*1-15-14-32-24(16(15)2)11-25-17(3)18(4)26(33-25)12-27-19(5)20(6)28(34-27)13-29-21(7)22(8)30(35-29)23(9)31(36)37-10;;/h2*11,13-14,23H,12H2,1-10H3;;/q2*-2;2*+2/t2*23-;;/m11../s1. The molecule has 0 N–H and O–H groups in total. The van der Waals surface area contributed by atoms with Crippen LogP contribution in [-0.2, 0) is 64.4 Å². The van der Waals surface area contributed by atoms with E-state index in [9.17, 15) is 9.59 Å². The second-order valence-corrected chi connectivity index (χ2v) is 20.4. The number of hydrogen-bond acceptors (Lipinski definition) is 8. The van der Waals surface area contributed by atoms with E-state index < -0.39 is 11.8 Å². The number of nitrogens with zero attached hydrogens (tertiary/aromatic N) is 8. The van der Waals surface area contributed by atoms with Crippen molar-refractivity contribution >= 4 is 59.6 Å². The number of methoxy groups -OCH3 is 2. The van der Waals surface area contributed by atoms with Crippen molar-refractivity contribution in [3.63, 3.8) is 0 Å². The Balaban J connectivity index is 0.000000274. The number of aryl methyl sites for hydroxylation is 1. The SMILES string of the molecule is COC(=O)[C@H](C)c1[n-]c(/C=C2\N=C(CC3=N/C(=C\c4[n-]cc(C)c4C)C(C)=C3C)C(C)=C2C)c(C)c1C.COC(=O)[C@H](C)c1[n-]c(/C=C2\N=C(Cc3[n-]c(/C=C4\N=CC(C)=C4C)c(C)c3C)C(C)=C2C)c(C)c1C.[Zn+2].[Zn+2]. The molecular formula is C62H72N8O4Zn2. The van der Waals surface area contributed by atoms with Crippen molar-refractivity contribution in [3.05, 3.63) is 158 Å². The molecule has 0 aliphatic carbocycles. The van der Waals surface area contributed by atoms with Crippen LogP contribution in [0.5, 0.6) is 0 Å². The summed E-state index contributed by atoms with van der Waals surface area (Å²) in [6.45, 7) is 37.1. The Labute approximate surface area is 476 Å². The zero-order valence-corrected chi connectivity index (χ0v) is 54.6. The summed E-state index contributed by atoms with van der Waals surface area (Å²) in [6.07, 6.45) is 13.4. The van der Waals surface area contributed by atoms with Crippen LogP contribution in [0.15, 0.2) is 93.5 Å². The normalized spacial score (nSPS) is 18.2. The summed E-state index contributed by atoms with van der Waals surface area (Å²) in [6, 6.07) is 0. The first-order valence-corrected chi connectivity index (χ1v) is 25.4. The largest absolute Gasteiger partial charge is 2.00 e. The molecule has 4 aromatic heterocycles. The maximum absolute atomic E-state index is 12.1. The van der Waals surface area contributed by atoms with Crippen molar-refractivity contribution in [3.8, 4) is 0 Å². The maximum Gasteiger partial charge on any atom is 2.00 e. The number of ether oxygens (including phenoxy) is 2. The molecule has 0 bridgehead atoms. The third kappa shape index (κ3) is 11.9. The van der Waals surface area contributed by atoms with Crippen LogP contribution in [0.2, 0.25) is 0 Å². The molecule has 8 heterocycles. The average molecular weight is 1120 g/mol. The van der Waals surface area contributed by atoms with E-state index in [0.717, 1.165) is 113 Å². The minimum atomic E-state index is -0.409. The van der Waals surface area contributed by atoms with Crippen LogP contribution in [0.3, 0.4) is 0 Å². The summed E-state index contributed by atoms with van der Waals surface area (Å²) in [5.74, 6) is -1.38. The van der Waals surface area contributed by atoms with Gasteiger partial charge in [0, 0.05) is 18.3 Å². The van der Waals surface area contributed by atoms with Gasteiger partial charge in [-0.3, -0.25) is 29.6 Å². The molecule has 0 radical (unpaired) electrons. The van der Waals surface area contributed by atoms with E-state index in [1.807, 2.05) is 66.1 Å². The monoisotopic (exact) mass is 1120 g/mol. The maximum atomic E-state index is 12.1. The van der Waals surface area contributed by atoms with Crippen LogP contribution in [0.25, 0.3) is 24.3 Å². The minimum absolute atomic E-state index is 0. The molecule has 2 atom stereocenters. The zero-order chi connectivity index (χ0) is 54.4. The molecule has 0 saturated heterocycles. The Morgan fingerprint density at radius 3 is 1.24 bits per heavy atom. The predicted octanol–water partition coefficient (Wildman–Crippen LogP) is 12.7. The summed E-state index contributed by atoms with van der Waals surface area (Å²) in [4.78, 5) is 62.9. The molecule has 0 unspecified atom stereocenters. The molecule has 0 spiro atoms. The fraction of sp³-hybridized carbons (Fsp3) is 0.387. The van der Waals surface area contributed by atoms with E-state index >= 15 is 0 Å². The van der Waals surface area contributed by atoms with Gasteiger partial charge in [-0.1, -0.05) is 68.8 Å². The molecular weight excluding hydrogens is 1050 g/mol. The van der Waals surface area contributed by atoms with Gasteiger partial charge in [-0.15, -0.1) is 34.2 Å². The van der Waals surface area contributed by atoms with Gasteiger partial charge >= 0.3 is 50.9 Å². The number of hydrogen-bond donors (Lipinski definition) is 0. The van der Waals surface area contributed by atoms with E-state index in [-0.39, 0.29) is 50.9 Å². The van der Waals surface area contributed by atoms with Gasteiger partial charge < -0.3 is 29.4 Å². The van der Waals surface area contributed by atoms with Gasteiger partial charge in [-0.2, -0.15) is 11.9 Å². The first-order valence-electron chi connectivity index (χ1n) is 25.4. The van der Waals surface area contributed by atoms with Crippen LogP contribution in [0, 0.1) is 55.4 Å². The minimum Gasteiger partial charge on any atom is -0.664 e. The average Bonchev–Trinajstić information content (AvgIpc) is 4.25. The summed E-state index contributed by atoms with van der Waals surface area (Å²) in [5.41, 5.74) is 31.4. The Morgan fingerprint density at radius 2 is 0.855 bits per heavy atom. The van der Waals surface area contributed by atoms with Crippen molar-refractivity contribution in [1.82, 2.24) is 19.9 Å². The molecule has 4 aromatic rings. The van der Waals surface area contributed by atoms with Crippen LogP contribution in [-0.4, -0.2) is 49.5 Å². The third-order valence-electron chi connectivity index (χ3n) is 16.1. The Bertz CT molecular complexity index is 3420. The number of aromatic nitrogens is 4. The van der Waals surface area contributed by atoms with Crippen molar-refractivity contribution in [2.75, 3.05) is 14.2 Å². The van der Waals surface area contributed by atoms with Gasteiger partial charge in [0.2, 0.25) is 0 Å². The molecule has 14 heteroatoms. The first-order chi connectivity index (χ1) is 34.9. The summed E-state index contributed by atoms with van der Waals surface area (Å²) in [5, 5.41) is 0. The van der Waals surface area contributed by atoms with Crippen molar-refractivity contribution in [2.45, 2.75) is 149 Å². The van der Waals surface area contributed by atoms with Crippen LogP contribution in [0.4, 0.5) is 0 Å². The molecule has 8 rings (SSSR count). The van der Waals surface area contributed by atoms with Crippen molar-refractivity contribution in [2.24, 2.45) is 20.0 Å². The molecule has 388 valence electrons. The molecule has 76 heavy (non-hydrogen) atoms. The Morgan fingerprint density at radius 1 is 0.474 bits per heavy atom. The van der Waals surface area contributed by atoms with E-state index in [2.05, 4.69) is 105 Å². The fourth-order valence-electron chi connectivity index (χ4n) is 9.45. The van der Waals surface area contributed by atoms with E-state index in [0.29, 0.717) is 12.8 Å². The molecule has 0 fully saturated rings. The number of rotatable bonds is 12. The van der Waals surface area contributed by atoms with Gasteiger partial charge in [-0.25, -0.2) is 0 Å². The van der Waals surface area contributed by atoms with Gasteiger partial charge in [0.05, 0.1) is 60.3 Å². The van der Waals surface area contributed by atoms with Crippen LogP contribution in [0.1, 0.15) is 172 Å². The van der Waals surface area contributed by atoms with Crippen molar-refractivity contribution in [1.29, 1.82) is 0 Å². The van der Waals surface area contributed by atoms with Gasteiger partial charge in [0.1, 0.15) is 0 Å². The second-order valence-electron chi connectivity index (χ2n) is 20.4. The Kier molecular flexibility index (Phi) is 19.6. The van der Waals surface area contributed by atoms with E-state index in [1.54, 1.807) is 0 Å². The van der Waals surface area contributed by atoms with Crippen molar-refractivity contribution < 1.29 is 58.0 Å². The summed E-state index contributed by atoms with van der Waals surface area (Å²) >= 11 is 0. The van der Waals surface area contributed by atoms with Gasteiger partial charge in [0.25, 0.3) is 0 Å². The fourth-order valence-corrected chi connectivity index (χ4v) is 9.45. The van der Waals surface area contributed by atoms with Crippen LogP contribution < -0.4 is 19.9 Å². The molecule has 4 aliphatic heterocycles. The number of carbonyl (C=O) groups is 2. The molecule has 0 amide bonds. The van der Waals surface area contributed by atoms with E-state index in [4.69, 9.17) is 39.4 Å². The van der Waals surface area contributed by atoms with E-state index in [1.165, 1.54) is 69.9 Å².